The first-order valence-electron chi connectivity index (χ1n) is 8.55. The molecule has 0 atom stereocenters. The van der Waals surface area contributed by atoms with Crippen LogP contribution >= 0.6 is 11.3 Å². The predicted molar refractivity (Wildman–Crippen MR) is 108 cm³/mol. The maximum Gasteiger partial charge on any atom is 0.279 e. The van der Waals surface area contributed by atoms with Crippen molar-refractivity contribution < 1.29 is 23.9 Å². The largest absolute Gasteiger partial charge is 0.497 e. The molecule has 152 valence electrons. The highest BCUT2D eigenvalue weighted by atomic mass is 32.1. The number of nitro benzene ring substituents is 1. The third-order valence-corrected chi connectivity index (χ3v) is 5.23. The van der Waals surface area contributed by atoms with Crippen molar-refractivity contribution in [3.8, 4) is 11.5 Å². The van der Waals surface area contributed by atoms with Gasteiger partial charge >= 0.3 is 0 Å². The molecule has 0 fully saturated rings. The van der Waals surface area contributed by atoms with Crippen molar-refractivity contribution in [3.05, 3.63) is 56.9 Å². The number of ether oxygens (including phenoxy) is 3. The maximum absolute atomic E-state index is 12.8. The van der Waals surface area contributed by atoms with E-state index in [0.717, 1.165) is 5.52 Å². The summed E-state index contributed by atoms with van der Waals surface area (Å²) >= 11 is 1.20. The molecule has 0 saturated carbocycles. The minimum absolute atomic E-state index is 0.0203. The minimum atomic E-state index is -0.477. The third-order valence-electron chi connectivity index (χ3n) is 4.19. The molecule has 1 amide bonds. The first-order valence-corrected chi connectivity index (χ1v) is 9.37. The van der Waals surface area contributed by atoms with Gasteiger partial charge in [-0.1, -0.05) is 11.3 Å². The number of nitro groups is 1. The number of thiazole rings is 1. The Morgan fingerprint density at radius 1 is 1.14 bits per heavy atom. The second kappa shape index (κ2) is 8.84. The van der Waals surface area contributed by atoms with Crippen LogP contribution in [0.3, 0.4) is 0 Å². The molecule has 0 spiro atoms. The van der Waals surface area contributed by atoms with Gasteiger partial charge in [-0.25, -0.2) is 0 Å². The number of hydrogen-bond acceptors (Lipinski definition) is 7. The number of nitrogens with zero attached hydrogens (tertiary/aromatic N) is 3. The molecule has 1 aromatic heterocycles. The number of aromatic nitrogens is 1. The van der Waals surface area contributed by atoms with E-state index in [4.69, 9.17) is 14.2 Å². The van der Waals surface area contributed by atoms with E-state index in [1.54, 1.807) is 31.4 Å². The van der Waals surface area contributed by atoms with Crippen LogP contribution in [0.4, 0.5) is 5.69 Å². The Balaban J connectivity index is 2.12. The minimum Gasteiger partial charge on any atom is -0.497 e. The van der Waals surface area contributed by atoms with Crippen molar-refractivity contribution in [2.75, 3.05) is 27.9 Å². The van der Waals surface area contributed by atoms with Crippen LogP contribution in [0.5, 0.6) is 11.5 Å². The summed E-state index contributed by atoms with van der Waals surface area (Å²) in [6.07, 6.45) is 0. The lowest BCUT2D eigenvalue weighted by molar-refractivity contribution is -0.384. The van der Waals surface area contributed by atoms with Crippen molar-refractivity contribution in [2.24, 2.45) is 4.99 Å². The van der Waals surface area contributed by atoms with E-state index in [2.05, 4.69) is 4.99 Å². The van der Waals surface area contributed by atoms with E-state index < -0.39 is 10.8 Å². The van der Waals surface area contributed by atoms with E-state index in [1.165, 1.54) is 37.7 Å². The fourth-order valence-corrected chi connectivity index (χ4v) is 3.83. The molecular formula is C19H19N3O6S. The molecule has 0 N–H and O–H groups in total. The zero-order valence-corrected chi connectivity index (χ0v) is 16.9. The average Bonchev–Trinajstić information content (AvgIpc) is 3.07. The van der Waals surface area contributed by atoms with Gasteiger partial charge < -0.3 is 18.8 Å². The second-order valence-corrected chi connectivity index (χ2v) is 6.97. The van der Waals surface area contributed by atoms with E-state index in [9.17, 15) is 14.9 Å². The van der Waals surface area contributed by atoms with Gasteiger partial charge in [0.05, 0.1) is 36.0 Å². The van der Waals surface area contributed by atoms with Crippen molar-refractivity contribution in [1.82, 2.24) is 4.57 Å². The Hall–Kier alpha value is -3.24. The Labute approximate surface area is 169 Å². The van der Waals surface area contributed by atoms with E-state index >= 15 is 0 Å². The molecule has 0 unspecified atom stereocenters. The van der Waals surface area contributed by atoms with Crippen LogP contribution < -0.4 is 14.3 Å². The van der Waals surface area contributed by atoms with E-state index in [-0.39, 0.29) is 5.69 Å². The van der Waals surface area contributed by atoms with Gasteiger partial charge in [0.25, 0.3) is 11.6 Å². The van der Waals surface area contributed by atoms with Crippen molar-refractivity contribution >= 4 is 33.1 Å². The summed E-state index contributed by atoms with van der Waals surface area (Å²) in [5.41, 5.74) is 1.03. The van der Waals surface area contributed by atoms with Crippen molar-refractivity contribution in [2.45, 2.75) is 6.54 Å². The molecule has 29 heavy (non-hydrogen) atoms. The molecule has 10 heteroatoms. The molecule has 9 nitrogen and oxygen atoms in total. The normalized spacial score (nSPS) is 11.6. The lowest BCUT2D eigenvalue weighted by Gasteiger charge is -2.06. The zero-order chi connectivity index (χ0) is 21.0. The zero-order valence-electron chi connectivity index (χ0n) is 16.1. The topological polar surface area (TPSA) is 105 Å². The smallest absolute Gasteiger partial charge is 0.279 e. The Morgan fingerprint density at radius 3 is 2.41 bits per heavy atom. The Bertz CT molecular complexity index is 1110. The molecule has 0 aliphatic carbocycles. The highest BCUT2D eigenvalue weighted by Gasteiger charge is 2.14. The van der Waals surface area contributed by atoms with Gasteiger partial charge in [-0.15, -0.1) is 0 Å². The highest BCUT2D eigenvalue weighted by Crippen LogP contribution is 2.25. The summed E-state index contributed by atoms with van der Waals surface area (Å²) in [7, 11) is 4.57. The number of amides is 1. The van der Waals surface area contributed by atoms with Crippen molar-refractivity contribution in [3.63, 3.8) is 0 Å². The Morgan fingerprint density at radius 2 is 1.83 bits per heavy atom. The number of carbonyl (C=O) groups excluding carboxylic acids is 1. The monoisotopic (exact) mass is 417 g/mol. The van der Waals surface area contributed by atoms with Crippen LogP contribution in [-0.2, 0) is 11.3 Å². The summed E-state index contributed by atoms with van der Waals surface area (Å²) in [4.78, 5) is 28.1. The molecular weight excluding hydrogens is 398 g/mol. The van der Waals surface area contributed by atoms with E-state index in [1.807, 2.05) is 4.57 Å². The Kier molecular flexibility index (Phi) is 6.25. The van der Waals surface area contributed by atoms with Crippen LogP contribution in [0, 0.1) is 10.1 Å². The molecule has 0 saturated heterocycles. The van der Waals surface area contributed by atoms with Crippen LogP contribution in [-0.4, -0.2) is 43.3 Å². The highest BCUT2D eigenvalue weighted by molar-refractivity contribution is 7.16. The fraction of sp³-hybridized carbons (Fsp3) is 0.263. The van der Waals surface area contributed by atoms with Crippen molar-refractivity contribution in [1.29, 1.82) is 0 Å². The summed E-state index contributed by atoms with van der Waals surface area (Å²) in [6, 6.07) is 9.36. The molecule has 2 aromatic carbocycles. The first-order chi connectivity index (χ1) is 14.0. The molecule has 0 aliphatic heterocycles. The van der Waals surface area contributed by atoms with Gasteiger partial charge in [0.15, 0.2) is 4.80 Å². The molecule has 0 bridgehead atoms. The van der Waals surface area contributed by atoms with Gasteiger partial charge in [0.1, 0.15) is 11.5 Å². The van der Waals surface area contributed by atoms with E-state index in [0.29, 0.717) is 39.7 Å². The number of methoxy groups -OCH3 is 3. The van der Waals surface area contributed by atoms with Gasteiger partial charge in [-0.2, -0.15) is 4.99 Å². The summed E-state index contributed by atoms with van der Waals surface area (Å²) in [5, 5.41) is 11.1. The first kappa shape index (κ1) is 20.5. The second-order valence-electron chi connectivity index (χ2n) is 5.96. The SMILES string of the molecule is COCCn1c(=NC(=O)c2cc(OC)cc(OC)c2)sc2cc([N+](=O)[O-])ccc21. The number of non-ortho nitro benzene ring substituents is 1. The molecule has 3 aromatic rings. The van der Waals surface area contributed by atoms with Gasteiger partial charge in [0, 0.05) is 37.4 Å². The fourth-order valence-electron chi connectivity index (χ4n) is 2.74. The van der Waals surface area contributed by atoms with Crippen LogP contribution in [0.1, 0.15) is 10.4 Å². The van der Waals surface area contributed by atoms with Crippen LogP contribution in [0.15, 0.2) is 41.4 Å². The summed E-state index contributed by atoms with van der Waals surface area (Å²) in [5.74, 6) is 0.471. The van der Waals surface area contributed by atoms with Gasteiger partial charge in [-0.3, -0.25) is 14.9 Å². The quantitative estimate of drug-likeness (QED) is 0.432. The number of hydrogen-bond donors (Lipinski definition) is 0. The number of carbonyl (C=O) groups is 1. The molecule has 1 heterocycles. The third kappa shape index (κ3) is 4.44. The molecule has 0 radical (unpaired) electrons. The summed E-state index contributed by atoms with van der Waals surface area (Å²) < 4.78 is 18.0. The number of rotatable bonds is 7. The van der Waals surface area contributed by atoms with Gasteiger partial charge in [0.2, 0.25) is 0 Å². The van der Waals surface area contributed by atoms with Gasteiger partial charge in [-0.05, 0) is 18.2 Å². The lowest BCUT2D eigenvalue weighted by atomic mass is 10.2. The molecule has 0 aliphatic rings. The lowest BCUT2D eigenvalue weighted by Crippen LogP contribution is -2.19. The van der Waals surface area contributed by atoms with Crippen LogP contribution in [0.25, 0.3) is 10.2 Å². The number of benzene rings is 2. The average molecular weight is 417 g/mol. The standard InChI is InChI=1S/C19H19N3O6S/c1-26-7-6-21-16-5-4-13(22(24)25)10-17(16)29-19(21)20-18(23)12-8-14(27-2)11-15(9-12)28-3/h4-5,8-11H,6-7H2,1-3H3. The van der Waals surface area contributed by atoms with Crippen LogP contribution in [0.2, 0.25) is 0 Å². The summed E-state index contributed by atoms with van der Waals surface area (Å²) in [6.45, 7) is 0.846. The number of fused-ring (bicyclic) bond motifs is 1. The predicted octanol–water partition coefficient (Wildman–Crippen LogP) is 3.02. The molecule has 3 rings (SSSR count). The maximum atomic E-state index is 12.8.